The molecule has 0 radical (unpaired) electrons. The summed E-state index contributed by atoms with van der Waals surface area (Å²) < 4.78 is 16.5. The first kappa shape index (κ1) is 17.7. The second kappa shape index (κ2) is 7.13. The van der Waals surface area contributed by atoms with Crippen LogP contribution in [0, 0.1) is 0 Å². The monoisotopic (exact) mass is 368 g/mol. The summed E-state index contributed by atoms with van der Waals surface area (Å²) in [6.07, 6.45) is 0.775. The first-order valence-corrected chi connectivity index (χ1v) is 8.96. The number of aliphatic hydroxyl groups excluding tert-OH is 1. The minimum atomic E-state index is -0.119. The summed E-state index contributed by atoms with van der Waals surface area (Å²) in [5.74, 6) is 1.78. The van der Waals surface area contributed by atoms with E-state index in [9.17, 15) is 5.11 Å². The Hall–Kier alpha value is -2.70. The molecule has 142 valence electrons. The maximum atomic E-state index is 9.83. The second-order valence-electron chi connectivity index (χ2n) is 6.70. The number of ether oxygens (including phenoxy) is 3. The van der Waals surface area contributed by atoms with Crippen LogP contribution < -0.4 is 19.5 Å². The molecule has 0 amide bonds. The summed E-state index contributed by atoms with van der Waals surface area (Å²) in [5.41, 5.74) is 4.42. The smallest absolute Gasteiger partial charge is 0.203 e. The van der Waals surface area contributed by atoms with Crippen molar-refractivity contribution in [3.63, 3.8) is 0 Å². The lowest BCUT2D eigenvalue weighted by atomic mass is 9.90. The van der Waals surface area contributed by atoms with Gasteiger partial charge in [-0.25, -0.2) is 0 Å². The van der Waals surface area contributed by atoms with Crippen LogP contribution in [0.15, 0.2) is 36.4 Å². The van der Waals surface area contributed by atoms with E-state index in [1.807, 2.05) is 24.3 Å². The number of aromatic amines is 1. The molecule has 2 atom stereocenters. The number of aromatic nitrogens is 1. The molecule has 0 spiro atoms. The number of para-hydroxylation sites is 1. The fraction of sp³-hybridized carbons (Fsp3) is 0.333. The number of H-pyrrole nitrogens is 1. The Bertz CT molecular complexity index is 941. The van der Waals surface area contributed by atoms with Crippen LogP contribution in [0.25, 0.3) is 10.9 Å². The van der Waals surface area contributed by atoms with E-state index in [0.29, 0.717) is 17.2 Å². The van der Waals surface area contributed by atoms with E-state index in [0.717, 1.165) is 23.2 Å². The minimum absolute atomic E-state index is 0.0270. The predicted molar refractivity (Wildman–Crippen MR) is 104 cm³/mol. The maximum absolute atomic E-state index is 9.83. The summed E-state index contributed by atoms with van der Waals surface area (Å²) in [6, 6.07) is 12.0. The Morgan fingerprint density at radius 3 is 2.37 bits per heavy atom. The Labute approximate surface area is 158 Å². The fourth-order valence-electron chi connectivity index (χ4n) is 3.96. The van der Waals surface area contributed by atoms with Crippen LogP contribution in [0.2, 0.25) is 0 Å². The average molecular weight is 368 g/mol. The average Bonchev–Trinajstić information content (AvgIpc) is 3.10. The lowest BCUT2D eigenvalue weighted by Crippen LogP contribution is -2.42. The fourth-order valence-corrected chi connectivity index (χ4v) is 3.96. The summed E-state index contributed by atoms with van der Waals surface area (Å²) >= 11 is 0. The predicted octanol–water partition coefficient (Wildman–Crippen LogP) is 2.79. The van der Waals surface area contributed by atoms with Crippen molar-refractivity contribution < 1.29 is 19.3 Å². The summed E-state index contributed by atoms with van der Waals surface area (Å²) in [7, 11) is 4.82. The van der Waals surface area contributed by atoms with Gasteiger partial charge in [0.05, 0.1) is 34.0 Å². The molecule has 0 bridgehead atoms. The quantitative estimate of drug-likeness (QED) is 0.646. The molecular formula is C21H24N2O4. The van der Waals surface area contributed by atoms with Gasteiger partial charge >= 0.3 is 0 Å². The Morgan fingerprint density at radius 2 is 1.74 bits per heavy atom. The van der Waals surface area contributed by atoms with Gasteiger partial charge < -0.3 is 24.3 Å². The minimum Gasteiger partial charge on any atom is -0.493 e. The molecule has 3 aromatic rings. The summed E-state index contributed by atoms with van der Waals surface area (Å²) in [4.78, 5) is 3.56. The lowest BCUT2D eigenvalue weighted by Gasteiger charge is -2.31. The number of methoxy groups -OCH3 is 3. The highest BCUT2D eigenvalue weighted by Crippen LogP contribution is 2.42. The van der Waals surface area contributed by atoms with Gasteiger partial charge in [-0.2, -0.15) is 0 Å². The third-order valence-corrected chi connectivity index (χ3v) is 5.23. The molecule has 6 heteroatoms. The Kier molecular flexibility index (Phi) is 4.68. The molecule has 2 unspecified atom stereocenters. The SMILES string of the molecule is COc1cc(C2NC(CO)Cc3c2[nH]c2ccccc32)cc(OC)c1OC. The van der Waals surface area contributed by atoms with Crippen LogP contribution in [0.1, 0.15) is 22.9 Å². The van der Waals surface area contributed by atoms with Gasteiger partial charge in [0.1, 0.15) is 0 Å². The summed E-state index contributed by atoms with van der Waals surface area (Å²) in [5, 5.41) is 14.6. The zero-order valence-corrected chi connectivity index (χ0v) is 15.7. The van der Waals surface area contributed by atoms with E-state index >= 15 is 0 Å². The van der Waals surface area contributed by atoms with Gasteiger partial charge in [-0.3, -0.25) is 5.32 Å². The molecule has 1 aliphatic heterocycles. The molecule has 4 rings (SSSR count). The number of benzene rings is 2. The van der Waals surface area contributed by atoms with Crippen molar-refractivity contribution in [1.29, 1.82) is 0 Å². The zero-order chi connectivity index (χ0) is 19.0. The molecule has 0 aliphatic carbocycles. The van der Waals surface area contributed by atoms with E-state index in [-0.39, 0.29) is 18.7 Å². The molecular weight excluding hydrogens is 344 g/mol. The number of hydrogen-bond donors (Lipinski definition) is 3. The molecule has 1 aromatic heterocycles. The van der Waals surface area contributed by atoms with Crippen LogP contribution >= 0.6 is 0 Å². The molecule has 2 heterocycles. The molecule has 27 heavy (non-hydrogen) atoms. The van der Waals surface area contributed by atoms with Crippen LogP contribution in [0.5, 0.6) is 17.2 Å². The number of rotatable bonds is 5. The van der Waals surface area contributed by atoms with Gasteiger partial charge in [0, 0.05) is 22.6 Å². The van der Waals surface area contributed by atoms with E-state index in [2.05, 4.69) is 22.4 Å². The molecule has 0 fully saturated rings. The molecule has 1 aliphatic rings. The van der Waals surface area contributed by atoms with E-state index in [1.54, 1.807) is 21.3 Å². The van der Waals surface area contributed by atoms with Gasteiger partial charge in [-0.15, -0.1) is 0 Å². The topological polar surface area (TPSA) is 75.7 Å². The van der Waals surface area contributed by atoms with Crippen molar-refractivity contribution >= 4 is 10.9 Å². The van der Waals surface area contributed by atoms with Gasteiger partial charge in [0.25, 0.3) is 0 Å². The molecule has 2 aromatic carbocycles. The maximum Gasteiger partial charge on any atom is 0.203 e. The summed E-state index contributed by atoms with van der Waals surface area (Å²) in [6.45, 7) is 0.0693. The highest BCUT2D eigenvalue weighted by Gasteiger charge is 2.31. The van der Waals surface area contributed by atoms with Gasteiger partial charge in [0.2, 0.25) is 5.75 Å². The van der Waals surface area contributed by atoms with Crippen molar-refractivity contribution in [2.75, 3.05) is 27.9 Å². The highest BCUT2D eigenvalue weighted by molar-refractivity contribution is 5.85. The van der Waals surface area contributed by atoms with E-state index < -0.39 is 0 Å². The number of nitrogens with one attached hydrogen (secondary N) is 2. The van der Waals surface area contributed by atoms with Crippen LogP contribution in [0.3, 0.4) is 0 Å². The van der Waals surface area contributed by atoms with Gasteiger partial charge in [0.15, 0.2) is 11.5 Å². The van der Waals surface area contributed by atoms with Gasteiger partial charge in [-0.05, 0) is 35.7 Å². The van der Waals surface area contributed by atoms with Crippen LogP contribution in [0.4, 0.5) is 0 Å². The van der Waals surface area contributed by atoms with Gasteiger partial charge in [-0.1, -0.05) is 18.2 Å². The van der Waals surface area contributed by atoms with Crippen molar-refractivity contribution in [3.8, 4) is 17.2 Å². The molecule has 6 nitrogen and oxygen atoms in total. The van der Waals surface area contributed by atoms with Crippen molar-refractivity contribution in [2.45, 2.75) is 18.5 Å². The number of hydrogen-bond acceptors (Lipinski definition) is 5. The normalized spacial score (nSPS) is 19.0. The standard InChI is InChI=1S/C21H24N2O4/c1-25-17-8-12(9-18(26-2)21(17)27-3)19-20-15(10-13(11-24)22-19)14-6-4-5-7-16(14)23-20/h4-9,13,19,22-24H,10-11H2,1-3H3. The second-order valence-corrected chi connectivity index (χ2v) is 6.70. The molecule has 0 saturated heterocycles. The van der Waals surface area contributed by atoms with Crippen molar-refractivity contribution in [2.24, 2.45) is 0 Å². The lowest BCUT2D eigenvalue weighted by molar-refractivity contribution is 0.228. The number of fused-ring (bicyclic) bond motifs is 3. The third-order valence-electron chi connectivity index (χ3n) is 5.23. The molecule has 0 saturated carbocycles. The van der Waals surface area contributed by atoms with Crippen molar-refractivity contribution in [3.05, 3.63) is 53.2 Å². The number of aliphatic hydroxyl groups is 1. The Balaban J connectivity index is 1.89. The first-order chi connectivity index (χ1) is 13.2. The van der Waals surface area contributed by atoms with E-state index in [4.69, 9.17) is 14.2 Å². The van der Waals surface area contributed by atoms with E-state index in [1.165, 1.54) is 10.9 Å². The third kappa shape index (κ3) is 2.91. The zero-order valence-electron chi connectivity index (χ0n) is 15.7. The molecule has 3 N–H and O–H groups in total. The highest BCUT2D eigenvalue weighted by atomic mass is 16.5. The first-order valence-electron chi connectivity index (χ1n) is 8.96. The van der Waals surface area contributed by atoms with Crippen LogP contribution in [-0.2, 0) is 6.42 Å². The van der Waals surface area contributed by atoms with Crippen molar-refractivity contribution in [1.82, 2.24) is 10.3 Å². The largest absolute Gasteiger partial charge is 0.493 e. The Morgan fingerprint density at radius 1 is 1.04 bits per heavy atom. The van der Waals surface area contributed by atoms with Crippen LogP contribution in [-0.4, -0.2) is 44.1 Å².